The van der Waals surface area contributed by atoms with Gasteiger partial charge in [0.05, 0.1) is 19.7 Å². The third-order valence-electron chi connectivity index (χ3n) is 2.78. The van der Waals surface area contributed by atoms with E-state index in [0.29, 0.717) is 6.42 Å². The Morgan fingerprint density at radius 3 is 3.05 bits per heavy atom. The summed E-state index contributed by atoms with van der Waals surface area (Å²) < 4.78 is 6.47. The standard InChI is InChI=1S/C13H18N4O2S/c1-19-13(18)9-11-3-4-12(20-11)10-14-5-2-7-17-8-6-15-16-17/h3-4,6,8,14H,2,5,7,9-10H2,1H3. The van der Waals surface area contributed by atoms with E-state index in [1.165, 1.54) is 12.0 Å². The summed E-state index contributed by atoms with van der Waals surface area (Å²) in [6.45, 7) is 2.61. The summed E-state index contributed by atoms with van der Waals surface area (Å²) in [5.74, 6) is -0.195. The molecule has 20 heavy (non-hydrogen) atoms. The lowest BCUT2D eigenvalue weighted by Gasteiger charge is -2.03. The molecule has 2 rings (SSSR count). The van der Waals surface area contributed by atoms with Gasteiger partial charge in [0, 0.05) is 29.0 Å². The first kappa shape index (κ1) is 14.7. The van der Waals surface area contributed by atoms with E-state index in [0.717, 1.165) is 30.9 Å². The quantitative estimate of drug-likeness (QED) is 0.586. The maximum absolute atomic E-state index is 11.2. The number of hydrogen-bond donors (Lipinski definition) is 1. The van der Waals surface area contributed by atoms with Crippen molar-refractivity contribution >= 4 is 17.3 Å². The van der Waals surface area contributed by atoms with Gasteiger partial charge in [0.2, 0.25) is 0 Å². The van der Waals surface area contributed by atoms with Crippen molar-refractivity contribution in [2.75, 3.05) is 13.7 Å². The third kappa shape index (κ3) is 4.75. The lowest BCUT2D eigenvalue weighted by atomic mass is 10.3. The number of hydrogen-bond acceptors (Lipinski definition) is 6. The minimum atomic E-state index is -0.195. The van der Waals surface area contributed by atoms with Crippen molar-refractivity contribution in [1.29, 1.82) is 0 Å². The maximum atomic E-state index is 11.2. The second-order valence-electron chi connectivity index (χ2n) is 4.32. The Morgan fingerprint density at radius 2 is 2.30 bits per heavy atom. The summed E-state index contributed by atoms with van der Waals surface area (Å²) in [5, 5.41) is 11.0. The molecule has 0 aliphatic rings. The number of aryl methyl sites for hydroxylation is 1. The third-order valence-corrected chi connectivity index (χ3v) is 3.86. The van der Waals surface area contributed by atoms with E-state index >= 15 is 0 Å². The van der Waals surface area contributed by atoms with E-state index in [2.05, 4.69) is 20.4 Å². The second-order valence-corrected chi connectivity index (χ2v) is 5.57. The number of nitrogens with one attached hydrogen (secondary N) is 1. The lowest BCUT2D eigenvalue weighted by molar-refractivity contribution is -0.139. The van der Waals surface area contributed by atoms with Crippen molar-refractivity contribution < 1.29 is 9.53 Å². The zero-order chi connectivity index (χ0) is 14.2. The molecule has 0 aliphatic heterocycles. The van der Waals surface area contributed by atoms with E-state index in [4.69, 9.17) is 0 Å². The predicted octanol–water partition coefficient (Wildman–Crippen LogP) is 1.23. The summed E-state index contributed by atoms with van der Waals surface area (Å²) in [6, 6.07) is 4.03. The number of carbonyl (C=O) groups is 1. The Kier molecular flexibility index (Phi) is 5.69. The number of carbonyl (C=O) groups excluding carboxylic acids is 1. The first-order valence-electron chi connectivity index (χ1n) is 6.47. The van der Waals surface area contributed by atoms with E-state index in [1.807, 2.05) is 23.0 Å². The molecular formula is C13H18N4O2S. The van der Waals surface area contributed by atoms with Crippen LogP contribution in [0.1, 0.15) is 16.2 Å². The second kappa shape index (κ2) is 7.76. The molecule has 6 nitrogen and oxygen atoms in total. The molecule has 0 atom stereocenters. The van der Waals surface area contributed by atoms with Crippen LogP contribution in [0.2, 0.25) is 0 Å². The molecule has 2 aromatic heterocycles. The number of rotatable bonds is 8. The number of nitrogens with zero attached hydrogens (tertiary/aromatic N) is 3. The van der Waals surface area contributed by atoms with Crippen molar-refractivity contribution in [3.05, 3.63) is 34.3 Å². The Labute approximate surface area is 121 Å². The molecule has 0 aromatic carbocycles. The summed E-state index contributed by atoms with van der Waals surface area (Å²) >= 11 is 1.64. The Morgan fingerprint density at radius 1 is 1.45 bits per heavy atom. The van der Waals surface area contributed by atoms with Crippen molar-refractivity contribution in [2.24, 2.45) is 0 Å². The molecule has 0 saturated heterocycles. The Balaban J connectivity index is 1.63. The van der Waals surface area contributed by atoms with E-state index < -0.39 is 0 Å². The molecule has 0 saturated carbocycles. The van der Waals surface area contributed by atoms with Crippen molar-refractivity contribution in [3.63, 3.8) is 0 Å². The van der Waals surface area contributed by atoms with Gasteiger partial charge < -0.3 is 10.1 Å². The fourth-order valence-electron chi connectivity index (χ4n) is 1.76. The molecule has 2 heterocycles. The first-order chi connectivity index (χ1) is 9.78. The largest absolute Gasteiger partial charge is 0.469 e. The molecule has 0 unspecified atom stereocenters. The number of thiophene rings is 1. The van der Waals surface area contributed by atoms with Crippen molar-refractivity contribution in [3.8, 4) is 0 Å². The Hall–Kier alpha value is -1.73. The number of methoxy groups -OCH3 is 1. The number of ether oxygens (including phenoxy) is 1. The highest BCUT2D eigenvalue weighted by atomic mass is 32.1. The highest BCUT2D eigenvalue weighted by Crippen LogP contribution is 2.17. The first-order valence-corrected chi connectivity index (χ1v) is 7.29. The van der Waals surface area contributed by atoms with Crippen LogP contribution < -0.4 is 5.32 Å². The zero-order valence-electron chi connectivity index (χ0n) is 11.4. The van der Waals surface area contributed by atoms with Crippen LogP contribution >= 0.6 is 11.3 Å². The fourth-order valence-corrected chi connectivity index (χ4v) is 2.73. The summed E-state index contributed by atoms with van der Waals surface area (Å²) in [6.07, 6.45) is 4.90. The smallest absolute Gasteiger partial charge is 0.310 e. The normalized spacial score (nSPS) is 10.7. The summed E-state index contributed by atoms with van der Waals surface area (Å²) in [4.78, 5) is 13.4. The van der Waals surface area contributed by atoms with Gasteiger partial charge in [0.25, 0.3) is 0 Å². The van der Waals surface area contributed by atoms with Crippen molar-refractivity contribution in [2.45, 2.75) is 25.9 Å². The SMILES string of the molecule is COC(=O)Cc1ccc(CNCCCn2ccnn2)s1. The van der Waals surface area contributed by atoms with Gasteiger partial charge in [0.1, 0.15) is 0 Å². The highest BCUT2D eigenvalue weighted by molar-refractivity contribution is 7.12. The predicted molar refractivity (Wildman–Crippen MR) is 76.4 cm³/mol. The summed E-state index contributed by atoms with van der Waals surface area (Å²) in [7, 11) is 1.41. The highest BCUT2D eigenvalue weighted by Gasteiger charge is 2.05. The number of aromatic nitrogens is 3. The van der Waals surface area contributed by atoms with Crippen LogP contribution in [-0.4, -0.2) is 34.6 Å². The van der Waals surface area contributed by atoms with Crippen molar-refractivity contribution in [1.82, 2.24) is 20.3 Å². The van der Waals surface area contributed by atoms with Crippen LogP contribution in [0.5, 0.6) is 0 Å². The molecule has 0 fully saturated rings. The van der Waals surface area contributed by atoms with E-state index in [-0.39, 0.29) is 5.97 Å². The van der Waals surface area contributed by atoms with Gasteiger partial charge in [0.15, 0.2) is 0 Å². The molecule has 0 bridgehead atoms. The van der Waals surface area contributed by atoms with Crippen LogP contribution in [0.15, 0.2) is 24.5 Å². The van der Waals surface area contributed by atoms with Gasteiger partial charge in [-0.15, -0.1) is 16.4 Å². The van der Waals surface area contributed by atoms with Crippen LogP contribution in [0.3, 0.4) is 0 Å². The van der Waals surface area contributed by atoms with Crippen LogP contribution in [0.4, 0.5) is 0 Å². The van der Waals surface area contributed by atoms with Crippen LogP contribution in [0, 0.1) is 0 Å². The average molecular weight is 294 g/mol. The lowest BCUT2D eigenvalue weighted by Crippen LogP contribution is -2.16. The van der Waals surface area contributed by atoms with Gasteiger partial charge in [-0.2, -0.15) is 0 Å². The molecule has 0 radical (unpaired) electrons. The van der Waals surface area contributed by atoms with E-state index in [9.17, 15) is 4.79 Å². The molecule has 0 amide bonds. The summed E-state index contributed by atoms with van der Waals surface area (Å²) in [5.41, 5.74) is 0. The minimum Gasteiger partial charge on any atom is -0.469 e. The monoisotopic (exact) mass is 294 g/mol. The molecule has 0 spiro atoms. The molecule has 2 aromatic rings. The molecule has 1 N–H and O–H groups in total. The van der Waals surface area contributed by atoms with Gasteiger partial charge in [-0.1, -0.05) is 5.21 Å². The molecular weight excluding hydrogens is 276 g/mol. The van der Waals surface area contributed by atoms with Gasteiger partial charge in [-0.05, 0) is 25.1 Å². The van der Waals surface area contributed by atoms with Gasteiger partial charge >= 0.3 is 5.97 Å². The average Bonchev–Trinajstić information content (AvgIpc) is 3.10. The van der Waals surface area contributed by atoms with Crippen LogP contribution in [0.25, 0.3) is 0 Å². The van der Waals surface area contributed by atoms with E-state index in [1.54, 1.807) is 17.5 Å². The van der Waals surface area contributed by atoms with Gasteiger partial charge in [-0.25, -0.2) is 0 Å². The Bertz CT molecular complexity index is 524. The van der Waals surface area contributed by atoms with Gasteiger partial charge in [-0.3, -0.25) is 9.48 Å². The maximum Gasteiger partial charge on any atom is 0.310 e. The van der Waals surface area contributed by atoms with Crippen LogP contribution in [-0.2, 0) is 29.0 Å². The number of esters is 1. The topological polar surface area (TPSA) is 69.0 Å². The molecule has 0 aliphatic carbocycles. The zero-order valence-corrected chi connectivity index (χ0v) is 12.2. The molecule has 108 valence electrons. The fraction of sp³-hybridized carbons (Fsp3) is 0.462. The molecule has 7 heteroatoms. The minimum absolute atomic E-state index is 0.195.